The summed E-state index contributed by atoms with van der Waals surface area (Å²) < 4.78 is 0. The van der Waals surface area contributed by atoms with E-state index >= 15 is 0 Å². The number of rotatable bonds is 2. The minimum atomic E-state index is 0.106. The van der Waals surface area contributed by atoms with Crippen LogP contribution in [0.15, 0.2) is 10.2 Å². The van der Waals surface area contributed by atoms with Crippen LogP contribution in [0.3, 0.4) is 0 Å². The smallest absolute Gasteiger partial charge is 0.0317 e. The first-order valence-electron chi connectivity index (χ1n) is 3.63. The first-order valence-corrected chi connectivity index (χ1v) is 3.63. The lowest BCUT2D eigenvalue weighted by molar-refractivity contribution is 0.823. The Kier molecular flexibility index (Phi) is 10.6. The van der Waals surface area contributed by atoms with Crippen LogP contribution in [-0.2, 0) is 0 Å². The van der Waals surface area contributed by atoms with Gasteiger partial charge in [-0.15, -0.1) is 0 Å². The molecule has 0 bridgehead atoms. The first-order chi connectivity index (χ1) is 5.54. The van der Waals surface area contributed by atoms with Crippen molar-refractivity contribution in [2.24, 2.45) is 10.2 Å². The second kappa shape index (κ2) is 9.62. The summed E-state index contributed by atoms with van der Waals surface area (Å²) in [5.74, 6) is 0. The molecule has 0 aliphatic rings. The van der Waals surface area contributed by atoms with Crippen molar-refractivity contribution in [3.05, 3.63) is 20.9 Å². The highest BCUT2D eigenvalue weighted by atomic mass is 15.1. The van der Waals surface area contributed by atoms with Gasteiger partial charge in [0.25, 0.3) is 0 Å². The van der Waals surface area contributed by atoms with E-state index in [0.29, 0.717) is 0 Å². The van der Waals surface area contributed by atoms with Gasteiger partial charge in [0, 0.05) is 21.9 Å². The van der Waals surface area contributed by atoms with Gasteiger partial charge in [0.05, 0.1) is 0 Å². The van der Waals surface area contributed by atoms with Crippen molar-refractivity contribution in [3.63, 3.8) is 0 Å². The van der Waals surface area contributed by atoms with E-state index in [9.17, 15) is 0 Å². The molecular weight excluding hydrogens is 156 g/mol. The summed E-state index contributed by atoms with van der Waals surface area (Å²) >= 11 is 0. The topological polar surface area (TPSA) is 97.5 Å². The third kappa shape index (κ3) is 23.4. The zero-order chi connectivity index (χ0) is 9.98. The molecule has 0 aromatic carbocycles. The molecule has 0 aliphatic heterocycles. The van der Waals surface area contributed by atoms with E-state index in [-0.39, 0.29) is 12.1 Å². The molecule has 0 heterocycles. The van der Waals surface area contributed by atoms with Gasteiger partial charge < -0.3 is 0 Å². The Bertz CT molecular complexity index is 162. The van der Waals surface area contributed by atoms with Crippen LogP contribution in [0.1, 0.15) is 27.7 Å². The monoisotopic (exact) mass is 170 g/mol. The lowest BCUT2D eigenvalue weighted by Crippen LogP contribution is -1.81. The zero-order valence-electron chi connectivity index (χ0n) is 7.84. The van der Waals surface area contributed by atoms with Gasteiger partial charge in [0.2, 0.25) is 0 Å². The van der Waals surface area contributed by atoms with Crippen LogP contribution in [0.4, 0.5) is 0 Å². The Morgan fingerprint density at radius 1 is 0.833 bits per heavy atom. The van der Waals surface area contributed by atoms with Gasteiger partial charge in [-0.2, -0.15) is 0 Å². The number of azide groups is 2. The van der Waals surface area contributed by atoms with Crippen LogP contribution in [-0.4, -0.2) is 12.1 Å². The fraction of sp³-hybridized carbons (Fsp3) is 1.00. The standard InChI is InChI=1S/2C3H7N3/c2*1-3(2)5-6-4/h2*3H,1-2H3. The van der Waals surface area contributed by atoms with E-state index in [0.717, 1.165) is 0 Å². The molecule has 68 valence electrons. The molecule has 6 nitrogen and oxygen atoms in total. The second-order valence-corrected chi connectivity index (χ2v) is 2.60. The summed E-state index contributed by atoms with van der Waals surface area (Å²) in [5.41, 5.74) is 15.4. The van der Waals surface area contributed by atoms with Crippen molar-refractivity contribution in [1.82, 2.24) is 0 Å². The van der Waals surface area contributed by atoms with E-state index in [2.05, 4.69) is 20.1 Å². The molecule has 0 radical (unpaired) electrons. The normalized spacial score (nSPS) is 7.83. The van der Waals surface area contributed by atoms with E-state index in [4.69, 9.17) is 11.1 Å². The quantitative estimate of drug-likeness (QED) is 0.344. The fourth-order valence-corrected chi connectivity index (χ4v) is 0.207. The van der Waals surface area contributed by atoms with Gasteiger partial charge in [-0.25, -0.2) is 0 Å². The van der Waals surface area contributed by atoms with Gasteiger partial charge in [-0.1, -0.05) is 37.9 Å². The van der Waals surface area contributed by atoms with Crippen molar-refractivity contribution in [2.45, 2.75) is 39.8 Å². The maximum absolute atomic E-state index is 7.70. The predicted molar refractivity (Wildman–Crippen MR) is 48.6 cm³/mol. The summed E-state index contributed by atoms with van der Waals surface area (Å²) in [5, 5.41) is 6.61. The van der Waals surface area contributed by atoms with Gasteiger partial charge in [-0.3, -0.25) is 0 Å². The number of hydrogen-bond donors (Lipinski definition) is 0. The van der Waals surface area contributed by atoms with Crippen LogP contribution < -0.4 is 0 Å². The van der Waals surface area contributed by atoms with E-state index in [1.54, 1.807) is 0 Å². The maximum Gasteiger partial charge on any atom is 0.0317 e. The third-order valence-electron chi connectivity index (χ3n) is 0.565. The molecule has 12 heavy (non-hydrogen) atoms. The molecule has 0 aliphatic carbocycles. The summed E-state index contributed by atoms with van der Waals surface area (Å²) in [4.78, 5) is 5.12. The third-order valence-corrected chi connectivity index (χ3v) is 0.565. The molecule has 0 saturated heterocycles. The molecular formula is C6H14N6. The number of hydrogen-bond acceptors (Lipinski definition) is 2. The van der Waals surface area contributed by atoms with Crippen molar-refractivity contribution in [3.8, 4) is 0 Å². The largest absolute Gasteiger partial charge is 0.0912 e. The highest BCUT2D eigenvalue weighted by Crippen LogP contribution is 1.82. The summed E-state index contributed by atoms with van der Waals surface area (Å²) in [6.45, 7) is 7.33. The Morgan fingerprint density at radius 2 is 1.08 bits per heavy atom. The van der Waals surface area contributed by atoms with Crippen LogP contribution in [0.2, 0.25) is 0 Å². The lowest BCUT2D eigenvalue weighted by atomic mass is 10.4. The predicted octanol–water partition coefficient (Wildman–Crippen LogP) is 3.41. The minimum absolute atomic E-state index is 0.106. The fourth-order valence-electron chi connectivity index (χ4n) is 0.207. The van der Waals surface area contributed by atoms with Crippen LogP contribution in [0, 0.1) is 0 Å². The Morgan fingerprint density at radius 3 is 1.08 bits per heavy atom. The molecule has 0 aromatic rings. The summed E-state index contributed by atoms with van der Waals surface area (Å²) in [6.07, 6.45) is 0. The molecule has 0 rings (SSSR count). The molecule has 0 fully saturated rings. The molecule has 0 unspecified atom stereocenters. The number of nitrogens with zero attached hydrogens (tertiary/aromatic N) is 6. The van der Waals surface area contributed by atoms with E-state index in [1.165, 1.54) is 0 Å². The Hall–Kier alpha value is -1.38. The molecule has 0 saturated carbocycles. The highest BCUT2D eigenvalue weighted by molar-refractivity contribution is 4.50. The van der Waals surface area contributed by atoms with E-state index < -0.39 is 0 Å². The average molecular weight is 170 g/mol. The maximum atomic E-state index is 7.70. The van der Waals surface area contributed by atoms with E-state index in [1.807, 2.05) is 27.7 Å². The molecule has 0 amide bonds. The second-order valence-electron chi connectivity index (χ2n) is 2.60. The SMILES string of the molecule is CC(C)N=[N+]=[N-].CC(C)N=[N+]=[N-]. The minimum Gasteiger partial charge on any atom is -0.0912 e. The van der Waals surface area contributed by atoms with Crippen LogP contribution in [0.5, 0.6) is 0 Å². The molecule has 0 spiro atoms. The molecule has 0 atom stereocenters. The molecule has 0 N–H and O–H groups in total. The summed E-state index contributed by atoms with van der Waals surface area (Å²) in [6, 6.07) is 0.213. The van der Waals surface area contributed by atoms with Crippen LogP contribution in [0.25, 0.3) is 20.9 Å². The van der Waals surface area contributed by atoms with Crippen LogP contribution >= 0.6 is 0 Å². The zero-order valence-corrected chi connectivity index (χ0v) is 7.84. The Balaban J connectivity index is 0. The van der Waals surface area contributed by atoms with Crippen molar-refractivity contribution in [2.75, 3.05) is 0 Å². The highest BCUT2D eigenvalue weighted by Gasteiger charge is 1.78. The van der Waals surface area contributed by atoms with Crippen molar-refractivity contribution >= 4 is 0 Å². The van der Waals surface area contributed by atoms with Gasteiger partial charge in [-0.05, 0) is 11.1 Å². The molecule has 0 aromatic heterocycles. The van der Waals surface area contributed by atoms with Gasteiger partial charge in [0.15, 0.2) is 0 Å². The average Bonchev–Trinajstić information content (AvgIpc) is 1.87. The summed E-state index contributed by atoms with van der Waals surface area (Å²) in [7, 11) is 0. The Labute approximate surface area is 71.8 Å². The first kappa shape index (κ1) is 13.2. The van der Waals surface area contributed by atoms with Gasteiger partial charge in [0.1, 0.15) is 0 Å². The van der Waals surface area contributed by atoms with Crippen molar-refractivity contribution < 1.29 is 0 Å². The van der Waals surface area contributed by atoms with Gasteiger partial charge >= 0.3 is 0 Å². The molecule has 6 heteroatoms. The van der Waals surface area contributed by atoms with Crippen molar-refractivity contribution in [1.29, 1.82) is 0 Å². The lowest BCUT2D eigenvalue weighted by Gasteiger charge is -1.82.